The number of rotatable bonds is 0. The van der Waals surface area contributed by atoms with Crippen LogP contribution >= 0.6 is 0 Å². The maximum atomic E-state index is 4.51. The molecule has 14 heavy (non-hydrogen) atoms. The van der Waals surface area contributed by atoms with E-state index in [4.69, 9.17) is 0 Å². The van der Waals surface area contributed by atoms with Gasteiger partial charge in [0.05, 0.1) is 0 Å². The van der Waals surface area contributed by atoms with Crippen LogP contribution in [0.3, 0.4) is 0 Å². The Morgan fingerprint density at radius 1 is 1.50 bits per heavy atom. The molecule has 2 aliphatic heterocycles. The van der Waals surface area contributed by atoms with Crippen LogP contribution in [0, 0.1) is 0 Å². The van der Waals surface area contributed by atoms with E-state index >= 15 is 0 Å². The summed E-state index contributed by atoms with van der Waals surface area (Å²) in [7, 11) is 0. The molecule has 0 amide bonds. The highest BCUT2D eigenvalue weighted by atomic mass is 15.3. The molecule has 3 heteroatoms. The molecule has 3 rings (SSSR count). The van der Waals surface area contributed by atoms with Crippen LogP contribution in [0.25, 0.3) is 0 Å². The molecule has 0 spiro atoms. The normalized spacial score (nSPS) is 25.4. The molecular formula is C11H15N3. The van der Waals surface area contributed by atoms with Crippen molar-refractivity contribution in [2.45, 2.75) is 25.4 Å². The first-order valence-corrected chi connectivity index (χ1v) is 5.36. The first-order chi connectivity index (χ1) is 6.95. The Bertz CT molecular complexity index is 337. The molecule has 1 atom stereocenters. The fourth-order valence-corrected chi connectivity index (χ4v) is 2.53. The molecule has 3 heterocycles. The van der Waals surface area contributed by atoms with E-state index in [2.05, 4.69) is 21.3 Å². The zero-order valence-corrected chi connectivity index (χ0v) is 8.24. The summed E-state index contributed by atoms with van der Waals surface area (Å²) in [5.74, 6) is 1.21. The van der Waals surface area contributed by atoms with E-state index in [9.17, 15) is 0 Å². The Labute approximate surface area is 84.1 Å². The molecule has 1 saturated heterocycles. The van der Waals surface area contributed by atoms with Gasteiger partial charge in [-0.3, -0.25) is 0 Å². The van der Waals surface area contributed by atoms with E-state index in [1.165, 1.54) is 30.8 Å². The Kier molecular flexibility index (Phi) is 1.91. The van der Waals surface area contributed by atoms with Crippen LogP contribution in [-0.2, 0) is 6.54 Å². The predicted octanol–water partition coefficient (Wildman–Crippen LogP) is 1.15. The van der Waals surface area contributed by atoms with Gasteiger partial charge in [0, 0.05) is 37.4 Å². The lowest BCUT2D eigenvalue weighted by Gasteiger charge is -2.23. The Morgan fingerprint density at radius 3 is 3.50 bits per heavy atom. The monoisotopic (exact) mass is 189 g/mol. The number of fused-ring (bicyclic) bond motifs is 3. The second-order valence-corrected chi connectivity index (χ2v) is 4.11. The molecule has 0 aromatic carbocycles. The molecule has 74 valence electrons. The number of nitrogens with one attached hydrogen (secondary N) is 1. The molecule has 1 aromatic heterocycles. The summed E-state index contributed by atoms with van der Waals surface area (Å²) < 4.78 is 0. The molecule has 0 bridgehead atoms. The van der Waals surface area contributed by atoms with Crippen LogP contribution in [0.4, 0.5) is 5.82 Å². The van der Waals surface area contributed by atoms with Crippen molar-refractivity contribution < 1.29 is 0 Å². The van der Waals surface area contributed by atoms with E-state index in [0.717, 1.165) is 13.1 Å². The highest BCUT2D eigenvalue weighted by Crippen LogP contribution is 2.28. The molecule has 1 N–H and O–H groups in total. The molecule has 0 saturated carbocycles. The van der Waals surface area contributed by atoms with Gasteiger partial charge < -0.3 is 10.2 Å². The third kappa shape index (κ3) is 1.20. The van der Waals surface area contributed by atoms with Gasteiger partial charge in [0.25, 0.3) is 0 Å². The minimum atomic E-state index is 0.672. The molecule has 0 radical (unpaired) electrons. The quantitative estimate of drug-likeness (QED) is 0.663. The van der Waals surface area contributed by atoms with Crippen molar-refractivity contribution in [3.05, 3.63) is 23.9 Å². The minimum Gasteiger partial charge on any atom is -0.352 e. The summed E-state index contributed by atoms with van der Waals surface area (Å²) in [5, 5.41) is 3.49. The highest BCUT2D eigenvalue weighted by molar-refractivity contribution is 5.49. The summed E-state index contributed by atoms with van der Waals surface area (Å²) >= 11 is 0. The van der Waals surface area contributed by atoms with Crippen LogP contribution in [0.15, 0.2) is 18.3 Å². The Morgan fingerprint density at radius 2 is 2.50 bits per heavy atom. The molecule has 3 nitrogen and oxygen atoms in total. The summed E-state index contributed by atoms with van der Waals surface area (Å²) in [6, 6.07) is 4.87. The Hall–Kier alpha value is -1.09. The second-order valence-electron chi connectivity index (χ2n) is 4.11. The predicted molar refractivity (Wildman–Crippen MR) is 56.3 cm³/mol. The zero-order valence-electron chi connectivity index (χ0n) is 8.24. The second kappa shape index (κ2) is 3.24. The molecule has 2 aliphatic rings. The highest BCUT2D eigenvalue weighted by Gasteiger charge is 2.28. The maximum Gasteiger partial charge on any atom is 0.133 e. The van der Waals surface area contributed by atoms with E-state index in [1.807, 2.05) is 12.3 Å². The van der Waals surface area contributed by atoms with Crippen LogP contribution in [0.2, 0.25) is 0 Å². The fourth-order valence-electron chi connectivity index (χ4n) is 2.53. The lowest BCUT2D eigenvalue weighted by molar-refractivity contribution is 0.592. The molecule has 0 unspecified atom stereocenters. The number of hydrogen-bond acceptors (Lipinski definition) is 3. The SMILES string of the molecule is c1cnc2c(c1)CNC[C@@H]1CCCN21. The first kappa shape index (κ1) is 8.24. The molecular weight excluding hydrogens is 174 g/mol. The van der Waals surface area contributed by atoms with Gasteiger partial charge in [-0.15, -0.1) is 0 Å². The molecule has 1 aromatic rings. The average molecular weight is 189 g/mol. The molecule has 0 aliphatic carbocycles. The smallest absolute Gasteiger partial charge is 0.133 e. The summed E-state index contributed by atoms with van der Waals surface area (Å²) in [6.45, 7) is 3.25. The van der Waals surface area contributed by atoms with Gasteiger partial charge in [0.2, 0.25) is 0 Å². The first-order valence-electron chi connectivity index (χ1n) is 5.36. The third-order valence-corrected chi connectivity index (χ3v) is 3.21. The zero-order chi connectivity index (χ0) is 9.38. The number of pyridine rings is 1. The maximum absolute atomic E-state index is 4.51. The minimum absolute atomic E-state index is 0.672. The number of aromatic nitrogens is 1. The van der Waals surface area contributed by atoms with Crippen LogP contribution in [-0.4, -0.2) is 24.1 Å². The van der Waals surface area contributed by atoms with Gasteiger partial charge in [0.1, 0.15) is 5.82 Å². The summed E-state index contributed by atoms with van der Waals surface area (Å²) in [6.07, 6.45) is 4.52. The van der Waals surface area contributed by atoms with Crippen molar-refractivity contribution in [3.8, 4) is 0 Å². The molecule has 1 fully saturated rings. The van der Waals surface area contributed by atoms with E-state index < -0.39 is 0 Å². The van der Waals surface area contributed by atoms with Crippen molar-refractivity contribution in [1.29, 1.82) is 0 Å². The standard InChI is InChI=1S/C11H15N3/c1-3-9-7-12-8-10-4-2-6-14(10)11(9)13-5-1/h1,3,5,10,12H,2,4,6-8H2/t10-/m0/s1. The van der Waals surface area contributed by atoms with Crippen molar-refractivity contribution in [2.24, 2.45) is 0 Å². The van der Waals surface area contributed by atoms with Gasteiger partial charge in [-0.2, -0.15) is 0 Å². The van der Waals surface area contributed by atoms with Crippen LogP contribution < -0.4 is 10.2 Å². The van der Waals surface area contributed by atoms with Gasteiger partial charge in [-0.1, -0.05) is 6.07 Å². The lowest BCUT2D eigenvalue weighted by atomic mass is 10.2. The van der Waals surface area contributed by atoms with Crippen molar-refractivity contribution in [1.82, 2.24) is 10.3 Å². The van der Waals surface area contributed by atoms with Gasteiger partial charge in [-0.05, 0) is 18.9 Å². The van der Waals surface area contributed by atoms with E-state index in [0.29, 0.717) is 6.04 Å². The topological polar surface area (TPSA) is 28.2 Å². The van der Waals surface area contributed by atoms with Crippen molar-refractivity contribution in [3.63, 3.8) is 0 Å². The van der Waals surface area contributed by atoms with Gasteiger partial charge in [-0.25, -0.2) is 4.98 Å². The number of nitrogens with zero attached hydrogens (tertiary/aromatic N) is 2. The lowest BCUT2D eigenvalue weighted by Crippen LogP contribution is -2.35. The summed E-state index contributed by atoms with van der Waals surface area (Å²) in [4.78, 5) is 6.98. The number of hydrogen-bond donors (Lipinski definition) is 1. The average Bonchev–Trinajstić information content (AvgIpc) is 2.61. The van der Waals surface area contributed by atoms with E-state index in [-0.39, 0.29) is 0 Å². The number of anilines is 1. The van der Waals surface area contributed by atoms with Crippen molar-refractivity contribution in [2.75, 3.05) is 18.0 Å². The van der Waals surface area contributed by atoms with Crippen LogP contribution in [0.1, 0.15) is 18.4 Å². The fraction of sp³-hybridized carbons (Fsp3) is 0.545. The van der Waals surface area contributed by atoms with E-state index in [1.54, 1.807) is 0 Å². The van der Waals surface area contributed by atoms with Crippen molar-refractivity contribution >= 4 is 5.82 Å². The largest absolute Gasteiger partial charge is 0.352 e. The summed E-state index contributed by atoms with van der Waals surface area (Å²) in [5.41, 5.74) is 1.34. The van der Waals surface area contributed by atoms with Gasteiger partial charge in [0.15, 0.2) is 0 Å². The van der Waals surface area contributed by atoms with Crippen LogP contribution in [0.5, 0.6) is 0 Å². The van der Waals surface area contributed by atoms with Gasteiger partial charge >= 0.3 is 0 Å². The third-order valence-electron chi connectivity index (χ3n) is 3.21. The Balaban J connectivity index is 2.04.